The lowest BCUT2D eigenvalue weighted by atomic mass is 10.1. The maximum absolute atomic E-state index is 5.95. The highest BCUT2D eigenvalue weighted by Gasteiger charge is 2.30. The average Bonchev–Trinajstić information content (AvgIpc) is 2.37. The van der Waals surface area contributed by atoms with E-state index < -0.39 is 5.66 Å². The molecule has 1 aromatic rings. The number of hydrogen-bond acceptors (Lipinski definition) is 5. The molecule has 0 fully saturated rings. The van der Waals surface area contributed by atoms with Crippen LogP contribution in [-0.4, -0.2) is 29.0 Å². The fourth-order valence-corrected chi connectivity index (χ4v) is 2.46. The van der Waals surface area contributed by atoms with Crippen LogP contribution in [0.1, 0.15) is 32.3 Å². The molecule has 116 valence electrons. The van der Waals surface area contributed by atoms with Gasteiger partial charge in [-0.3, -0.25) is 0 Å². The van der Waals surface area contributed by atoms with Crippen LogP contribution in [0.2, 0.25) is 0 Å². The molecule has 1 aliphatic heterocycles. The Morgan fingerprint density at radius 1 is 1.10 bits per heavy atom. The van der Waals surface area contributed by atoms with Crippen LogP contribution in [0.5, 0.6) is 0 Å². The van der Waals surface area contributed by atoms with Gasteiger partial charge in [0.15, 0.2) is 0 Å². The van der Waals surface area contributed by atoms with Gasteiger partial charge in [0, 0.05) is 6.54 Å². The third-order valence-corrected chi connectivity index (χ3v) is 3.49. The Labute approximate surface area is 132 Å². The van der Waals surface area contributed by atoms with Gasteiger partial charge in [-0.2, -0.15) is 4.99 Å². The van der Waals surface area contributed by atoms with Gasteiger partial charge in [-0.25, -0.2) is 4.99 Å². The van der Waals surface area contributed by atoms with E-state index in [4.69, 9.17) is 11.5 Å². The highest BCUT2D eigenvalue weighted by Crippen LogP contribution is 2.20. The summed E-state index contributed by atoms with van der Waals surface area (Å²) in [5, 5.41) is 0. The molecule has 6 heteroatoms. The van der Waals surface area contributed by atoms with E-state index in [0.29, 0.717) is 5.96 Å². The number of rotatable bonds is 5. The van der Waals surface area contributed by atoms with Crippen molar-refractivity contribution in [2.45, 2.75) is 38.8 Å². The predicted molar refractivity (Wildman–Crippen MR) is 90.7 cm³/mol. The lowest BCUT2D eigenvalue weighted by Crippen LogP contribution is -2.54. The molecule has 0 radical (unpaired) electrons. The van der Waals surface area contributed by atoms with Crippen molar-refractivity contribution in [3.05, 3.63) is 35.9 Å². The largest absolute Gasteiger partial charge is 0.369 e. The van der Waals surface area contributed by atoms with Crippen molar-refractivity contribution in [2.75, 3.05) is 6.54 Å². The third kappa shape index (κ3) is 4.63. The number of aliphatic imine (C=N–C) groups is 2. The van der Waals surface area contributed by atoms with Crippen LogP contribution in [0.4, 0.5) is 0 Å². The van der Waals surface area contributed by atoms with Crippen molar-refractivity contribution in [3.63, 3.8) is 0 Å². The summed E-state index contributed by atoms with van der Waals surface area (Å²) in [7, 11) is 0. The van der Waals surface area contributed by atoms with Gasteiger partial charge >= 0.3 is 0 Å². The van der Waals surface area contributed by atoms with Crippen molar-refractivity contribution in [2.24, 2.45) is 21.5 Å². The number of nitrogens with zero attached hydrogens (tertiary/aromatic N) is 3. The van der Waals surface area contributed by atoms with Gasteiger partial charge in [0.2, 0.25) is 11.9 Å². The fraction of sp³-hybridized carbons (Fsp3) is 0.467. The number of unbranched alkanes of at least 4 members (excludes halogenated alkanes) is 1. The number of halogens is 1. The summed E-state index contributed by atoms with van der Waals surface area (Å²) in [6.45, 7) is 4.84. The Kier molecular flexibility index (Phi) is 6.03. The molecule has 1 aromatic carbocycles. The smallest absolute Gasteiger partial charge is 0.220 e. The number of hydrogen-bond donors (Lipinski definition) is 2. The maximum Gasteiger partial charge on any atom is 0.220 e. The first-order valence-corrected chi connectivity index (χ1v) is 7.00. The number of guanidine groups is 2. The van der Waals surface area contributed by atoms with Crippen molar-refractivity contribution in [3.8, 4) is 0 Å². The average molecular weight is 310 g/mol. The molecule has 1 heterocycles. The second kappa shape index (κ2) is 7.31. The molecule has 0 bridgehead atoms. The zero-order valence-electron chi connectivity index (χ0n) is 12.6. The molecule has 0 spiro atoms. The molecule has 5 nitrogen and oxygen atoms in total. The Balaban J connectivity index is 0.00000220. The Hall–Kier alpha value is -1.75. The second-order valence-electron chi connectivity index (χ2n) is 5.53. The highest BCUT2D eigenvalue weighted by atomic mass is 35.5. The molecule has 1 aliphatic rings. The van der Waals surface area contributed by atoms with Crippen molar-refractivity contribution >= 4 is 24.3 Å². The van der Waals surface area contributed by atoms with Crippen LogP contribution in [0, 0.1) is 0 Å². The molecular formula is C15H24ClN5. The molecule has 0 amide bonds. The Bertz CT molecular complexity index is 510. The lowest BCUT2D eigenvalue weighted by Gasteiger charge is -2.38. The quantitative estimate of drug-likeness (QED) is 0.818. The van der Waals surface area contributed by atoms with Gasteiger partial charge in [0.25, 0.3) is 0 Å². The molecule has 0 saturated heterocycles. The monoisotopic (exact) mass is 309 g/mol. The maximum atomic E-state index is 5.95. The third-order valence-electron chi connectivity index (χ3n) is 3.49. The first kappa shape index (κ1) is 17.3. The molecule has 0 aromatic heterocycles. The fourth-order valence-electron chi connectivity index (χ4n) is 2.46. The standard InChI is InChI=1S/C15H23N5.ClH/c1-15(2)19-13(16)18-14(17)20(15)11-7-6-10-12-8-4-3-5-9-12;/h3-5,8-9H,6-7,10-11H2,1-2H3,(H4,16,17,18,19);1H. The van der Waals surface area contributed by atoms with Gasteiger partial charge in [-0.1, -0.05) is 30.3 Å². The summed E-state index contributed by atoms with van der Waals surface area (Å²) < 4.78 is 0. The molecule has 2 rings (SSSR count). The minimum atomic E-state index is -0.414. The van der Waals surface area contributed by atoms with Crippen LogP contribution in [-0.2, 0) is 6.42 Å². The number of aryl methyl sites for hydroxylation is 1. The van der Waals surface area contributed by atoms with Crippen molar-refractivity contribution in [1.29, 1.82) is 0 Å². The van der Waals surface area contributed by atoms with Crippen LogP contribution < -0.4 is 11.5 Å². The van der Waals surface area contributed by atoms with Crippen molar-refractivity contribution < 1.29 is 0 Å². The first-order valence-electron chi connectivity index (χ1n) is 7.00. The second-order valence-corrected chi connectivity index (χ2v) is 5.53. The van der Waals surface area contributed by atoms with Gasteiger partial charge in [-0.15, -0.1) is 12.4 Å². The van der Waals surface area contributed by atoms with E-state index >= 15 is 0 Å². The highest BCUT2D eigenvalue weighted by molar-refractivity contribution is 5.95. The van der Waals surface area contributed by atoms with E-state index in [-0.39, 0.29) is 18.4 Å². The molecule has 0 saturated carbocycles. The molecule has 21 heavy (non-hydrogen) atoms. The summed E-state index contributed by atoms with van der Waals surface area (Å²) in [6.07, 6.45) is 3.24. The molecular weight excluding hydrogens is 286 g/mol. The van der Waals surface area contributed by atoms with E-state index in [9.17, 15) is 0 Å². The van der Waals surface area contributed by atoms with E-state index in [2.05, 4.69) is 34.3 Å². The van der Waals surface area contributed by atoms with Gasteiger partial charge in [-0.05, 0) is 38.7 Å². The minimum absolute atomic E-state index is 0. The van der Waals surface area contributed by atoms with E-state index in [1.807, 2.05) is 24.8 Å². The number of nitrogens with two attached hydrogens (primary N) is 2. The molecule has 0 aliphatic carbocycles. The summed E-state index contributed by atoms with van der Waals surface area (Å²) in [6, 6.07) is 10.5. The van der Waals surface area contributed by atoms with Gasteiger partial charge in [0.05, 0.1) is 0 Å². The van der Waals surface area contributed by atoms with Crippen molar-refractivity contribution in [1.82, 2.24) is 4.90 Å². The van der Waals surface area contributed by atoms with Crippen LogP contribution in [0.3, 0.4) is 0 Å². The van der Waals surface area contributed by atoms with E-state index in [0.717, 1.165) is 25.8 Å². The minimum Gasteiger partial charge on any atom is -0.369 e. The topological polar surface area (TPSA) is 80.0 Å². The summed E-state index contributed by atoms with van der Waals surface area (Å²) >= 11 is 0. The van der Waals surface area contributed by atoms with Crippen LogP contribution >= 0.6 is 12.4 Å². The van der Waals surface area contributed by atoms with Gasteiger partial charge < -0.3 is 16.4 Å². The van der Waals surface area contributed by atoms with Gasteiger partial charge in [0.1, 0.15) is 5.66 Å². The zero-order chi connectivity index (χ0) is 14.6. The zero-order valence-corrected chi connectivity index (χ0v) is 13.4. The summed E-state index contributed by atoms with van der Waals surface area (Å²) in [5.41, 5.74) is 12.6. The number of benzene rings is 1. The van der Waals surface area contributed by atoms with Crippen LogP contribution in [0.15, 0.2) is 40.3 Å². The Morgan fingerprint density at radius 3 is 2.38 bits per heavy atom. The predicted octanol–water partition coefficient (Wildman–Crippen LogP) is 2.11. The summed E-state index contributed by atoms with van der Waals surface area (Å²) in [4.78, 5) is 10.4. The normalized spacial score (nSPS) is 16.8. The Morgan fingerprint density at radius 2 is 1.76 bits per heavy atom. The molecule has 0 atom stereocenters. The summed E-state index contributed by atoms with van der Waals surface area (Å²) in [5.74, 6) is 0.718. The van der Waals surface area contributed by atoms with E-state index in [1.54, 1.807) is 0 Å². The lowest BCUT2D eigenvalue weighted by molar-refractivity contribution is 0.214. The molecule has 4 N–H and O–H groups in total. The SMILES string of the molecule is CC1(C)N=C(N)N=C(N)N1CCCCc1ccccc1.Cl. The van der Waals surface area contributed by atoms with Crippen LogP contribution in [0.25, 0.3) is 0 Å². The molecule has 0 unspecified atom stereocenters. The van der Waals surface area contributed by atoms with E-state index in [1.165, 1.54) is 5.56 Å². The first-order chi connectivity index (χ1) is 9.49.